The van der Waals surface area contributed by atoms with Crippen LogP contribution in [-0.4, -0.2) is 43.4 Å². The van der Waals surface area contributed by atoms with Crippen LogP contribution in [0.5, 0.6) is 0 Å². The van der Waals surface area contributed by atoms with E-state index in [1.54, 1.807) is 12.1 Å². The molecule has 3 rings (SSSR count). The van der Waals surface area contributed by atoms with Gasteiger partial charge in [-0.25, -0.2) is 4.39 Å². The lowest BCUT2D eigenvalue weighted by molar-refractivity contribution is -0.110. The molecule has 0 spiro atoms. The van der Waals surface area contributed by atoms with Crippen LogP contribution < -0.4 is 10.6 Å². The highest BCUT2D eigenvalue weighted by Crippen LogP contribution is 2.26. The SMILES string of the molecule is Cl.NC(C=O)C(c1ccccc1)N1CCN(c2ccc(F)cc2)CC1. The first-order valence-electron chi connectivity index (χ1n) is 8.19. The van der Waals surface area contributed by atoms with Crippen molar-refractivity contribution in [1.29, 1.82) is 0 Å². The number of benzene rings is 2. The fourth-order valence-corrected chi connectivity index (χ4v) is 3.31. The largest absolute Gasteiger partial charge is 0.369 e. The quantitative estimate of drug-likeness (QED) is 0.830. The summed E-state index contributed by atoms with van der Waals surface area (Å²) < 4.78 is 13.1. The molecule has 0 saturated carbocycles. The standard InChI is InChI=1S/C19H22FN3O.ClH/c20-16-6-8-17(9-7-16)22-10-12-23(13-11-22)19(18(21)14-24)15-4-2-1-3-5-15;/h1-9,14,18-19H,10-13,21H2;1H. The zero-order valence-corrected chi connectivity index (χ0v) is 14.7. The molecular formula is C19H23ClFN3O. The average molecular weight is 364 g/mol. The van der Waals surface area contributed by atoms with Crippen molar-refractivity contribution >= 4 is 24.4 Å². The van der Waals surface area contributed by atoms with Crippen LogP contribution in [0.15, 0.2) is 54.6 Å². The van der Waals surface area contributed by atoms with Gasteiger partial charge in [0.2, 0.25) is 0 Å². The van der Waals surface area contributed by atoms with E-state index in [0.29, 0.717) is 0 Å². The summed E-state index contributed by atoms with van der Waals surface area (Å²) >= 11 is 0. The van der Waals surface area contributed by atoms with Crippen LogP contribution in [-0.2, 0) is 4.79 Å². The lowest BCUT2D eigenvalue weighted by Gasteiger charge is -2.41. The van der Waals surface area contributed by atoms with Crippen molar-refractivity contribution in [2.45, 2.75) is 12.1 Å². The van der Waals surface area contributed by atoms with Crippen LogP contribution in [0.2, 0.25) is 0 Å². The third kappa shape index (κ3) is 4.57. The van der Waals surface area contributed by atoms with Gasteiger partial charge in [0.1, 0.15) is 12.1 Å². The second kappa shape index (κ2) is 8.94. The fourth-order valence-electron chi connectivity index (χ4n) is 3.31. The predicted octanol–water partition coefficient (Wildman–Crippen LogP) is 2.64. The summed E-state index contributed by atoms with van der Waals surface area (Å²) in [5.41, 5.74) is 8.16. The lowest BCUT2D eigenvalue weighted by Crippen LogP contribution is -2.51. The minimum Gasteiger partial charge on any atom is -0.369 e. The van der Waals surface area contributed by atoms with E-state index in [1.165, 1.54) is 12.1 Å². The molecule has 2 aromatic carbocycles. The molecule has 134 valence electrons. The molecule has 0 aliphatic carbocycles. The molecule has 2 atom stereocenters. The number of anilines is 1. The molecule has 2 N–H and O–H groups in total. The van der Waals surface area contributed by atoms with Gasteiger partial charge in [-0.2, -0.15) is 0 Å². The van der Waals surface area contributed by atoms with Crippen LogP contribution in [0.3, 0.4) is 0 Å². The van der Waals surface area contributed by atoms with Gasteiger partial charge in [0, 0.05) is 31.9 Å². The van der Waals surface area contributed by atoms with Crippen molar-refractivity contribution in [2.24, 2.45) is 5.73 Å². The number of piperazine rings is 1. The molecule has 1 aliphatic heterocycles. The minimum atomic E-state index is -0.551. The van der Waals surface area contributed by atoms with Crippen molar-refractivity contribution < 1.29 is 9.18 Å². The first kappa shape index (κ1) is 19.4. The van der Waals surface area contributed by atoms with Crippen LogP contribution in [0.25, 0.3) is 0 Å². The highest BCUT2D eigenvalue weighted by atomic mass is 35.5. The molecule has 1 aliphatic rings. The third-order valence-electron chi connectivity index (χ3n) is 4.56. The van der Waals surface area contributed by atoms with Crippen LogP contribution in [0.1, 0.15) is 11.6 Å². The Balaban J connectivity index is 0.00000225. The third-order valence-corrected chi connectivity index (χ3v) is 4.56. The topological polar surface area (TPSA) is 49.6 Å². The summed E-state index contributed by atoms with van der Waals surface area (Å²) in [5, 5.41) is 0. The lowest BCUT2D eigenvalue weighted by atomic mass is 9.98. The zero-order chi connectivity index (χ0) is 16.9. The van der Waals surface area contributed by atoms with E-state index in [9.17, 15) is 9.18 Å². The monoisotopic (exact) mass is 363 g/mol. The van der Waals surface area contributed by atoms with E-state index in [0.717, 1.165) is 43.7 Å². The van der Waals surface area contributed by atoms with Gasteiger partial charge in [-0.15, -0.1) is 12.4 Å². The van der Waals surface area contributed by atoms with E-state index < -0.39 is 6.04 Å². The van der Waals surface area contributed by atoms with Crippen molar-refractivity contribution in [1.82, 2.24) is 4.90 Å². The maximum absolute atomic E-state index is 13.1. The van der Waals surface area contributed by atoms with Gasteiger partial charge < -0.3 is 15.4 Å². The molecule has 2 aromatic rings. The Labute approximate surface area is 153 Å². The van der Waals surface area contributed by atoms with Gasteiger partial charge >= 0.3 is 0 Å². The number of carbonyl (C=O) groups is 1. The minimum absolute atomic E-state index is 0. The highest BCUT2D eigenvalue weighted by molar-refractivity contribution is 5.85. The first-order valence-corrected chi connectivity index (χ1v) is 8.19. The molecule has 1 heterocycles. The smallest absolute Gasteiger partial charge is 0.138 e. The molecule has 4 nitrogen and oxygen atoms in total. The van der Waals surface area contributed by atoms with Gasteiger partial charge in [0.05, 0.1) is 12.1 Å². The van der Waals surface area contributed by atoms with Crippen molar-refractivity contribution in [2.75, 3.05) is 31.1 Å². The zero-order valence-electron chi connectivity index (χ0n) is 13.9. The Kier molecular flexibility index (Phi) is 6.93. The molecule has 0 aromatic heterocycles. The summed E-state index contributed by atoms with van der Waals surface area (Å²) in [5.74, 6) is -0.224. The van der Waals surface area contributed by atoms with E-state index in [1.807, 2.05) is 30.3 Å². The number of hydrogen-bond donors (Lipinski definition) is 1. The molecule has 25 heavy (non-hydrogen) atoms. The van der Waals surface area contributed by atoms with Crippen molar-refractivity contribution in [3.63, 3.8) is 0 Å². The molecule has 2 unspecified atom stereocenters. The number of rotatable bonds is 5. The number of hydrogen-bond acceptors (Lipinski definition) is 4. The van der Waals surface area contributed by atoms with Gasteiger partial charge in [-0.05, 0) is 29.8 Å². The van der Waals surface area contributed by atoms with E-state index in [4.69, 9.17) is 5.73 Å². The number of halogens is 2. The number of carbonyl (C=O) groups excluding carboxylic acids is 1. The number of aldehydes is 1. The van der Waals surface area contributed by atoms with Gasteiger partial charge in [0.15, 0.2) is 0 Å². The molecule has 0 amide bonds. The second-order valence-electron chi connectivity index (χ2n) is 6.07. The van der Waals surface area contributed by atoms with E-state index in [2.05, 4.69) is 9.80 Å². The molecule has 1 saturated heterocycles. The van der Waals surface area contributed by atoms with Crippen LogP contribution in [0, 0.1) is 5.82 Å². The highest BCUT2D eigenvalue weighted by Gasteiger charge is 2.29. The summed E-state index contributed by atoms with van der Waals surface area (Å²) in [4.78, 5) is 15.8. The average Bonchev–Trinajstić information content (AvgIpc) is 2.64. The maximum atomic E-state index is 13.1. The molecule has 1 fully saturated rings. The molecular weight excluding hydrogens is 341 g/mol. The van der Waals surface area contributed by atoms with Gasteiger partial charge in [-0.3, -0.25) is 4.90 Å². The Morgan fingerprint density at radius 2 is 1.56 bits per heavy atom. The van der Waals surface area contributed by atoms with Gasteiger partial charge in [0.25, 0.3) is 0 Å². The van der Waals surface area contributed by atoms with E-state index in [-0.39, 0.29) is 24.3 Å². The molecule has 6 heteroatoms. The molecule has 0 bridgehead atoms. The normalized spacial score (nSPS) is 17.4. The Hall–Kier alpha value is -1.95. The summed E-state index contributed by atoms with van der Waals surface area (Å²) in [6.07, 6.45) is 0.823. The molecule has 0 radical (unpaired) electrons. The van der Waals surface area contributed by atoms with Crippen LogP contribution in [0.4, 0.5) is 10.1 Å². The number of nitrogens with two attached hydrogens (primary N) is 1. The summed E-state index contributed by atoms with van der Waals surface area (Å²) in [7, 11) is 0. The Bertz CT molecular complexity index is 660. The maximum Gasteiger partial charge on any atom is 0.138 e. The first-order chi connectivity index (χ1) is 11.7. The van der Waals surface area contributed by atoms with Crippen molar-refractivity contribution in [3.8, 4) is 0 Å². The summed E-state index contributed by atoms with van der Waals surface area (Å²) in [6, 6.07) is 15.8. The van der Waals surface area contributed by atoms with Crippen LogP contribution >= 0.6 is 12.4 Å². The Morgan fingerprint density at radius 3 is 2.12 bits per heavy atom. The Morgan fingerprint density at radius 1 is 0.960 bits per heavy atom. The summed E-state index contributed by atoms with van der Waals surface area (Å²) in [6.45, 7) is 3.25. The fraction of sp³-hybridized carbons (Fsp3) is 0.316. The van der Waals surface area contributed by atoms with Gasteiger partial charge in [-0.1, -0.05) is 30.3 Å². The second-order valence-corrected chi connectivity index (χ2v) is 6.07. The number of nitrogens with zero attached hydrogens (tertiary/aromatic N) is 2. The van der Waals surface area contributed by atoms with Crippen molar-refractivity contribution in [3.05, 3.63) is 66.0 Å². The van der Waals surface area contributed by atoms with E-state index >= 15 is 0 Å². The predicted molar refractivity (Wildman–Crippen MR) is 101 cm³/mol.